The Morgan fingerprint density at radius 3 is 2.77 bits per heavy atom. The molecule has 22 heavy (non-hydrogen) atoms. The standard InChI is InChI=1S/C18H23ClN2O/c19-16-3-1-2-15-14(16)6-7-17(15)21-18(22)10-11-8-12-4-5-13(9-11)20-12/h1-3,11-13,17,20H,4-10H2,(H,21,22). The Balaban J connectivity index is 1.37. The minimum absolute atomic E-state index is 0.152. The molecule has 4 heteroatoms. The summed E-state index contributed by atoms with van der Waals surface area (Å²) < 4.78 is 0. The molecule has 0 aromatic heterocycles. The van der Waals surface area contributed by atoms with Crippen LogP contribution in [0, 0.1) is 5.92 Å². The summed E-state index contributed by atoms with van der Waals surface area (Å²) in [5, 5.41) is 7.72. The maximum Gasteiger partial charge on any atom is 0.220 e. The highest BCUT2D eigenvalue weighted by Gasteiger charge is 2.34. The van der Waals surface area contributed by atoms with Crippen LogP contribution < -0.4 is 10.6 Å². The number of fused-ring (bicyclic) bond motifs is 3. The second-order valence-corrected chi connectivity index (χ2v) is 7.55. The molecule has 1 aromatic rings. The van der Waals surface area contributed by atoms with Crippen LogP contribution in [0.4, 0.5) is 0 Å². The van der Waals surface area contributed by atoms with Crippen molar-refractivity contribution in [1.82, 2.24) is 10.6 Å². The van der Waals surface area contributed by atoms with E-state index in [1.165, 1.54) is 24.0 Å². The Morgan fingerprint density at radius 2 is 2.00 bits per heavy atom. The molecule has 1 amide bonds. The zero-order valence-electron chi connectivity index (χ0n) is 12.8. The van der Waals surface area contributed by atoms with Crippen LogP contribution in [0.25, 0.3) is 0 Å². The molecule has 2 saturated heterocycles. The molecule has 0 radical (unpaired) electrons. The molecule has 1 aromatic carbocycles. The second kappa shape index (κ2) is 5.86. The molecule has 2 aliphatic heterocycles. The molecular formula is C18H23ClN2O. The molecule has 2 heterocycles. The fourth-order valence-corrected chi connectivity index (χ4v) is 4.89. The zero-order chi connectivity index (χ0) is 15.1. The average molecular weight is 319 g/mol. The molecule has 0 spiro atoms. The minimum atomic E-state index is 0.152. The van der Waals surface area contributed by atoms with E-state index in [1.54, 1.807) is 0 Å². The fourth-order valence-electron chi connectivity index (χ4n) is 4.62. The van der Waals surface area contributed by atoms with Crippen LogP contribution in [0.15, 0.2) is 18.2 Å². The van der Waals surface area contributed by atoms with Gasteiger partial charge in [0.1, 0.15) is 0 Å². The van der Waals surface area contributed by atoms with Gasteiger partial charge in [0.15, 0.2) is 0 Å². The molecule has 3 aliphatic rings. The molecule has 2 N–H and O–H groups in total. The molecule has 2 fully saturated rings. The number of amides is 1. The predicted molar refractivity (Wildman–Crippen MR) is 87.9 cm³/mol. The van der Waals surface area contributed by atoms with Crippen molar-refractivity contribution in [1.29, 1.82) is 0 Å². The number of nitrogens with one attached hydrogen (secondary N) is 2. The van der Waals surface area contributed by atoms with Crippen LogP contribution >= 0.6 is 11.6 Å². The van der Waals surface area contributed by atoms with Crippen LogP contribution in [0.2, 0.25) is 5.02 Å². The smallest absolute Gasteiger partial charge is 0.220 e. The van der Waals surface area contributed by atoms with E-state index in [1.807, 2.05) is 12.1 Å². The van der Waals surface area contributed by atoms with Gasteiger partial charge in [0.2, 0.25) is 5.91 Å². The Bertz CT molecular complexity index is 576. The van der Waals surface area contributed by atoms with Gasteiger partial charge >= 0.3 is 0 Å². The van der Waals surface area contributed by atoms with Crippen LogP contribution in [-0.2, 0) is 11.2 Å². The Labute approximate surface area is 136 Å². The van der Waals surface area contributed by atoms with E-state index >= 15 is 0 Å². The maximum atomic E-state index is 12.4. The van der Waals surface area contributed by atoms with Gasteiger partial charge in [0.05, 0.1) is 6.04 Å². The van der Waals surface area contributed by atoms with Gasteiger partial charge in [-0.15, -0.1) is 0 Å². The molecule has 3 nitrogen and oxygen atoms in total. The number of rotatable bonds is 3. The van der Waals surface area contributed by atoms with Crippen molar-refractivity contribution >= 4 is 17.5 Å². The molecule has 3 atom stereocenters. The highest BCUT2D eigenvalue weighted by atomic mass is 35.5. The lowest BCUT2D eigenvalue weighted by Crippen LogP contribution is -2.40. The van der Waals surface area contributed by atoms with Crippen LogP contribution in [0.3, 0.4) is 0 Å². The zero-order valence-corrected chi connectivity index (χ0v) is 13.5. The lowest BCUT2D eigenvalue weighted by atomic mass is 9.89. The fraction of sp³-hybridized carbons (Fsp3) is 0.611. The van der Waals surface area contributed by atoms with Gasteiger partial charge in [-0.1, -0.05) is 23.7 Å². The first-order valence-corrected chi connectivity index (χ1v) is 8.89. The third-order valence-electron chi connectivity index (χ3n) is 5.59. The van der Waals surface area contributed by atoms with Crippen molar-refractivity contribution in [2.45, 2.75) is 63.1 Å². The molecule has 0 saturated carbocycles. The van der Waals surface area contributed by atoms with Gasteiger partial charge in [0, 0.05) is 23.5 Å². The van der Waals surface area contributed by atoms with Crippen LogP contribution in [0.1, 0.15) is 55.7 Å². The quantitative estimate of drug-likeness (QED) is 0.897. The summed E-state index contributed by atoms with van der Waals surface area (Å²) in [5.41, 5.74) is 2.43. The van der Waals surface area contributed by atoms with E-state index in [0.717, 1.165) is 30.7 Å². The third kappa shape index (κ3) is 2.77. The first kappa shape index (κ1) is 14.5. The lowest BCUT2D eigenvalue weighted by Gasteiger charge is -2.29. The number of hydrogen-bond acceptors (Lipinski definition) is 2. The number of piperidine rings is 1. The van der Waals surface area contributed by atoms with Crippen molar-refractivity contribution < 1.29 is 4.79 Å². The van der Waals surface area contributed by atoms with Crippen molar-refractivity contribution in [2.24, 2.45) is 5.92 Å². The lowest BCUT2D eigenvalue weighted by molar-refractivity contribution is -0.123. The normalized spacial score (nSPS) is 32.8. The monoisotopic (exact) mass is 318 g/mol. The van der Waals surface area contributed by atoms with Gasteiger partial charge in [-0.25, -0.2) is 0 Å². The van der Waals surface area contributed by atoms with Crippen molar-refractivity contribution in [2.75, 3.05) is 0 Å². The van der Waals surface area contributed by atoms with Crippen LogP contribution in [0.5, 0.6) is 0 Å². The Kier molecular flexibility index (Phi) is 3.87. The van der Waals surface area contributed by atoms with Gasteiger partial charge in [-0.05, 0) is 61.6 Å². The summed E-state index contributed by atoms with van der Waals surface area (Å²) in [5.74, 6) is 0.767. The summed E-state index contributed by atoms with van der Waals surface area (Å²) in [6.07, 6.45) is 7.53. The van der Waals surface area contributed by atoms with E-state index in [2.05, 4.69) is 16.7 Å². The molecule has 3 unspecified atom stereocenters. The first-order chi connectivity index (χ1) is 10.7. The number of hydrogen-bond donors (Lipinski definition) is 2. The molecule has 118 valence electrons. The van der Waals surface area contributed by atoms with E-state index in [0.29, 0.717) is 24.4 Å². The number of carbonyl (C=O) groups excluding carboxylic acids is 1. The second-order valence-electron chi connectivity index (χ2n) is 7.15. The van der Waals surface area contributed by atoms with Gasteiger partial charge in [-0.2, -0.15) is 0 Å². The average Bonchev–Trinajstić information content (AvgIpc) is 3.04. The SMILES string of the molecule is O=C(CC1CC2CCC(C1)N2)NC1CCc2c(Cl)cccc21. The summed E-state index contributed by atoms with van der Waals surface area (Å²) >= 11 is 6.25. The summed E-state index contributed by atoms with van der Waals surface area (Å²) in [4.78, 5) is 12.4. The molecule has 4 rings (SSSR count). The summed E-state index contributed by atoms with van der Waals surface area (Å²) in [6.45, 7) is 0. The molecule has 1 aliphatic carbocycles. The van der Waals surface area contributed by atoms with Crippen LogP contribution in [-0.4, -0.2) is 18.0 Å². The summed E-state index contributed by atoms with van der Waals surface area (Å²) in [6, 6.07) is 7.49. The molecule has 2 bridgehead atoms. The number of halogens is 1. The van der Waals surface area contributed by atoms with Crippen molar-refractivity contribution in [3.8, 4) is 0 Å². The van der Waals surface area contributed by atoms with Gasteiger partial charge < -0.3 is 10.6 Å². The van der Waals surface area contributed by atoms with Crippen molar-refractivity contribution in [3.05, 3.63) is 34.3 Å². The Hall–Kier alpha value is -1.06. The van der Waals surface area contributed by atoms with Gasteiger partial charge in [0.25, 0.3) is 0 Å². The number of carbonyl (C=O) groups is 1. The van der Waals surface area contributed by atoms with Crippen molar-refractivity contribution in [3.63, 3.8) is 0 Å². The van der Waals surface area contributed by atoms with E-state index in [4.69, 9.17) is 11.6 Å². The molecular weight excluding hydrogens is 296 g/mol. The maximum absolute atomic E-state index is 12.4. The largest absolute Gasteiger partial charge is 0.349 e. The Morgan fingerprint density at radius 1 is 1.23 bits per heavy atom. The highest BCUT2D eigenvalue weighted by molar-refractivity contribution is 6.31. The van der Waals surface area contributed by atoms with E-state index in [-0.39, 0.29) is 11.9 Å². The van der Waals surface area contributed by atoms with E-state index < -0.39 is 0 Å². The minimum Gasteiger partial charge on any atom is -0.349 e. The first-order valence-electron chi connectivity index (χ1n) is 8.51. The van der Waals surface area contributed by atoms with E-state index in [9.17, 15) is 4.79 Å². The van der Waals surface area contributed by atoms with Gasteiger partial charge in [-0.3, -0.25) is 4.79 Å². The summed E-state index contributed by atoms with van der Waals surface area (Å²) in [7, 11) is 0. The topological polar surface area (TPSA) is 41.1 Å². The highest BCUT2D eigenvalue weighted by Crippen LogP contribution is 2.36. The third-order valence-corrected chi connectivity index (χ3v) is 5.95. The predicted octanol–water partition coefficient (Wildman–Crippen LogP) is 3.36. The number of benzene rings is 1.